The van der Waals surface area contributed by atoms with Gasteiger partial charge in [-0.05, 0) is 43.2 Å². The monoisotopic (exact) mass is 353 g/mol. The number of nitrogens with zero attached hydrogens (tertiary/aromatic N) is 2. The van der Waals surface area contributed by atoms with Crippen LogP contribution in [0.25, 0.3) is 22.2 Å². The van der Waals surface area contributed by atoms with Crippen molar-refractivity contribution in [1.29, 1.82) is 5.26 Å². The number of aromatic nitrogens is 1. The van der Waals surface area contributed by atoms with Crippen molar-refractivity contribution in [2.24, 2.45) is 0 Å². The number of fused-ring (bicyclic) bond motifs is 1. The first-order valence-electron chi connectivity index (χ1n) is 7.95. The third-order valence-electron chi connectivity index (χ3n) is 4.11. The van der Waals surface area contributed by atoms with Gasteiger partial charge in [0.15, 0.2) is 0 Å². The second kappa shape index (κ2) is 6.26. The van der Waals surface area contributed by atoms with E-state index in [0.717, 1.165) is 40.5 Å². The first-order valence-corrected chi connectivity index (χ1v) is 9.84. The smallest absolute Gasteiger partial charge is 0.229 e. The highest BCUT2D eigenvalue weighted by molar-refractivity contribution is 7.92. The summed E-state index contributed by atoms with van der Waals surface area (Å²) in [4.78, 5) is 0. The Bertz CT molecular complexity index is 1090. The lowest BCUT2D eigenvalue weighted by molar-refractivity contribution is 0.607. The lowest BCUT2D eigenvalue weighted by Gasteiger charge is -2.10. The number of nitriles is 1. The molecule has 3 aromatic rings. The van der Waals surface area contributed by atoms with Gasteiger partial charge in [0.1, 0.15) is 6.07 Å². The maximum absolute atomic E-state index is 11.3. The molecule has 0 fully saturated rings. The SMILES string of the molecule is CCn1c(-c2ccc(NS(C)(=O)=O)cc2)c(C#N)c2ccc(C)cc21. The summed E-state index contributed by atoms with van der Waals surface area (Å²) in [6, 6.07) is 15.5. The van der Waals surface area contributed by atoms with Crippen LogP contribution in [0, 0.1) is 18.3 Å². The number of hydrogen-bond donors (Lipinski definition) is 1. The minimum atomic E-state index is -3.31. The molecule has 5 nitrogen and oxygen atoms in total. The van der Waals surface area contributed by atoms with Gasteiger partial charge in [-0.1, -0.05) is 24.3 Å². The van der Waals surface area contributed by atoms with E-state index in [-0.39, 0.29) is 0 Å². The molecule has 2 aromatic carbocycles. The molecule has 0 saturated heterocycles. The van der Waals surface area contributed by atoms with Crippen LogP contribution in [-0.2, 0) is 16.6 Å². The van der Waals surface area contributed by atoms with Crippen molar-refractivity contribution in [3.63, 3.8) is 0 Å². The minimum absolute atomic E-state index is 0.500. The molecular weight excluding hydrogens is 334 g/mol. The lowest BCUT2D eigenvalue weighted by atomic mass is 10.1. The number of sulfonamides is 1. The number of benzene rings is 2. The first-order chi connectivity index (χ1) is 11.8. The van der Waals surface area contributed by atoms with E-state index < -0.39 is 10.0 Å². The number of anilines is 1. The molecular formula is C19H19N3O2S. The van der Waals surface area contributed by atoms with E-state index in [4.69, 9.17) is 0 Å². The highest BCUT2D eigenvalue weighted by Crippen LogP contribution is 2.34. The summed E-state index contributed by atoms with van der Waals surface area (Å²) in [6.45, 7) is 4.82. The van der Waals surface area contributed by atoms with Gasteiger partial charge in [0.25, 0.3) is 0 Å². The van der Waals surface area contributed by atoms with Crippen molar-refractivity contribution in [3.8, 4) is 17.3 Å². The molecule has 6 heteroatoms. The van der Waals surface area contributed by atoms with Crippen LogP contribution in [0.2, 0.25) is 0 Å². The van der Waals surface area contributed by atoms with Gasteiger partial charge in [-0.2, -0.15) is 5.26 Å². The summed E-state index contributed by atoms with van der Waals surface area (Å²) in [5.41, 5.74) is 5.05. The molecule has 0 bridgehead atoms. The Morgan fingerprint density at radius 2 is 1.84 bits per heavy atom. The molecule has 0 radical (unpaired) electrons. The van der Waals surface area contributed by atoms with Crippen LogP contribution in [0.5, 0.6) is 0 Å². The van der Waals surface area contributed by atoms with Crippen molar-refractivity contribution < 1.29 is 8.42 Å². The van der Waals surface area contributed by atoms with Crippen molar-refractivity contribution in [2.45, 2.75) is 20.4 Å². The maximum Gasteiger partial charge on any atom is 0.229 e. The molecule has 25 heavy (non-hydrogen) atoms. The third-order valence-corrected chi connectivity index (χ3v) is 4.72. The summed E-state index contributed by atoms with van der Waals surface area (Å²) >= 11 is 0. The van der Waals surface area contributed by atoms with E-state index in [1.54, 1.807) is 12.1 Å². The Balaban J connectivity index is 2.20. The zero-order chi connectivity index (χ0) is 18.2. The van der Waals surface area contributed by atoms with E-state index in [0.29, 0.717) is 11.3 Å². The van der Waals surface area contributed by atoms with Gasteiger partial charge in [0.05, 0.1) is 23.0 Å². The van der Waals surface area contributed by atoms with E-state index in [2.05, 4.69) is 21.4 Å². The Morgan fingerprint density at radius 3 is 2.40 bits per heavy atom. The summed E-state index contributed by atoms with van der Waals surface area (Å²) in [6.07, 6.45) is 1.12. The zero-order valence-corrected chi connectivity index (χ0v) is 15.2. The zero-order valence-electron chi connectivity index (χ0n) is 14.4. The van der Waals surface area contributed by atoms with Gasteiger partial charge in [-0.3, -0.25) is 4.72 Å². The van der Waals surface area contributed by atoms with Gasteiger partial charge in [0, 0.05) is 17.6 Å². The van der Waals surface area contributed by atoms with E-state index in [9.17, 15) is 13.7 Å². The van der Waals surface area contributed by atoms with Crippen molar-refractivity contribution in [3.05, 3.63) is 53.6 Å². The Labute approximate surface area is 147 Å². The van der Waals surface area contributed by atoms with E-state index in [1.165, 1.54) is 0 Å². The largest absolute Gasteiger partial charge is 0.340 e. The fraction of sp³-hybridized carbons (Fsp3) is 0.211. The predicted molar refractivity (Wildman–Crippen MR) is 101 cm³/mol. The molecule has 1 N–H and O–H groups in total. The van der Waals surface area contributed by atoms with Crippen molar-refractivity contribution >= 4 is 26.6 Å². The predicted octanol–water partition coefficient (Wildman–Crippen LogP) is 3.88. The summed E-state index contributed by atoms with van der Waals surface area (Å²) < 4.78 is 27.3. The molecule has 0 aliphatic rings. The normalized spacial score (nSPS) is 11.4. The maximum atomic E-state index is 11.3. The molecule has 0 spiro atoms. The third kappa shape index (κ3) is 3.24. The van der Waals surface area contributed by atoms with Crippen LogP contribution >= 0.6 is 0 Å². The van der Waals surface area contributed by atoms with E-state index in [1.807, 2.05) is 38.1 Å². The van der Waals surface area contributed by atoms with Gasteiger partial charge >= 0.3 is 0 Å². The topological polar surface area (TPSA) is 74.9 Å². The fourth-order valence-corrected chi connectivity index (χ4v) is 3.68. The molecule has 3 rings (SSSR count). The van der Waals surface area contributed by atoms with Crippen molar-refractivity contribution in [2.75, 3.05) is 11.0 Å². The molecule has 1 heterocycles. The number of hydrogen-bond acceptors (Lipinski definition) is 3. The van der Waals surface area contributed by atoms with Crippen molar-refractivity contribution in [1.82, 2.24) is 4.57 Å². The molecule has 128 valence electrons. The molecule has 0 atom stereocenters. The van der Waals surface area contributed by atoms with Gasteiger partial charge in [0.2, 0.25) is 10.0 Å². The van der Waals surface area contributed by atoms with Crippen LogP contribution in [0.15, 0.2) is 42.5 Å². The molecule has 0 amide bonds. The van der Waals surface area contributed by atoms with Crippen LogP contribution in [0.1, 0.15) is 18.1 Å². The quantitative estimate of drug-likeness (QED) is 0.773. The van der Waals surface area contributed by atoms with Gasteiger partial charge in [-0.25, -0.2) is 8.42 Å². The Hall–Kier alpha value is -2.78. The average molecular weight is 353 g/mol. The Morgan fingerprint density at radius 1 is 1.16 bits per heavy atom. The van der Waals surface area contributed by atoms with Crippen LogP contribution in [0.3, 0.4) is 0 Å². The van der Waals surface area contributed by atoms with Gasteiger partial charge in [-0.15, -0.1) is 0 Å². The minimum Gasteiger partial charge on any atom is -0.340 e. The number of rotatable bonds is 4. The number of nitrogens with one attached hydrogen (secondary N) is 1. The average Bonchev–Trinajstić information content (AvgIpc) is 2.86. The second-order valence-corrected chi connectivity index (χ2v) is 7.80. The molecule has 0 unspecified atom stereocenters. The summed E-state index contributed by atoms with van der Waals surface area (Å²) in [5, 5.41) is 10.6. The summed E-state index contributed by atoms with van der Waals surface area (Å²) in [7, 11) is -3.31. The fourth-order valence-electron chi connectivity index (χ4n) is 3.11. The molecule has 1 aromatic heterocycles. The first kappa shape index (κ1) is 17.1. The van der Waals surface area contributed by atoms with Crippen LogP contribution in [-0.4, -0.2) is 19.2 Å². The Kier molecular flexibility index (Phi) is 4.27. The second-order valence-electron chi connectivity index (χ2n) is 6.05. The highest BCUT2D eigenvalue weighted by atomic mass is 32.2. The highest BCUT2D eigenvalue weighted by Gasteiger charge is 2.18. The standard InChI is InChI=1S/C19H19N3O2S/c1-4-22-18-11-13(2)5-10-16(18)17(12-20)19(22)14-6-8-15(9-7-14)21-25(3,23)24/h5-11,21H,4H2,1-3H3. The molecule has 0 saturated carbocycles. The molecule has 0 aliphatic heterocycles. The van der Waals surface area contributed by atoms with E-state index >= 15 is 0 Å². The summed E-state index contributed by atoms with van der Waals surface area (Å²) in [5.74, 6) is 0. The number of aryl methyl sites for hydroxylation is 2. The van der Waals surface area contributed by atoms with Crippen LogP contribution < -0.4 is 4.72 Å². The lowest BCUT2D eigenvalue weighted by Crippen LogP contribution is -2.09. The molecule has 0 aliphatic carbocycles. The van der Waals surface area contributed by atoms with Gasteiger partial charge < -0.3 is 4.57 Å². The van der Waals surface area contributed by atoms with Crippen LogP contribution in [0.4, 0.5) is 5.69 Å².